The Morgan fingerprint density at radius 3 is 2.85 bits per heavy atom. The summed E-state index contributed by atoms with van der Waals surface area (Å²) < 4.78 is 1.26. The quantitative estimate of drug-likeness (QED) is 0.483. The Bertz CT molecular complexity index is 1170. The fourth-order valence-electron chi connectivity index (χ4n) is 3.04. The molecule has 2 N–H and O–H groups in total. The molecule has 0 spiro atoms. The maximum Gasteiger partial charge on any atom is 0.130 e. The molecule has 0 atom stereocenters. The van der Waals surface area contributed by atoms with Gasteiger partial charge in [0.05, 0.1) is 23.3 Å². The smallest absolute Gasteiger partial charge is 0.130 e. The highest BCUT2D eigenvalue weighted by Crippen LogP contribution is 2.33. The summed E-state index contributed by atoms with van der Waals surface area (Å²) in [5.74, 6) is 1.66. The van der Waals surface area contributed by atoms with Gasteiger partial charge in [0.2, 0.25) is 0 Å². The number of aromatic nitrogens is 4. The first-order valence-corrected chi connectivity index (χ1v) is 9.21. The van der Waals surface area contributed by atoms with Crippen LogP contribution in [0.4, 0.5) is 5.82 Å². The number of fused-ring (bicyclic) bond motifs is 2. The largest absolute Gasteiger partial charge is 0.363 e. The minimum Gasteiger partial charge on any atom is -0.363 e. The summed E-state index contributed by atoms with van der Waals surface area (Å²) >= 11 is 1.73. The van der Waals surface area contributed by atoms with Crippen LogP contribution >= 0.6 is 11.3 Å². The van der Waals surface area contributed by atoms with Crippen molar-refractivity contribution in [2.45, 2.75) is 6.54 Å². The summed E-state index contributed by atoms with van der Waals surface area (Å²) in [6.07, 6.45) is 1.60. The Balaban J connectivity index is 1.41. The van der Waals surface area contributed by atoms with E-state index in [9.17, 15) is 0 Å². The first-order chi connectivity index (χ1) is 12.9. The zero-order valence-electron chi connectivity index (χ0n) is 13.8. The van der Waals surface area contributed by atoms with Crippen molar-refractivity contribution in [2.24, 2.45) is 0 Å². The lowest BCUT2D eigenvalue weighted by molar-refractivity contribution is 0.992. The minimum absolute atomic E-state index is 0.579. The van der Waals surface area contributed by atoms with E-state index < -0.39 is 0 Å². The molecule has 0 amide bonds. The van der Waals surface area contributed by atoms with E-state index in [4.69, 9.17) is 0 Å². The maximum atomic E-state index is 4.58. The van der Waals surface area contributed by atoms with Crippen LogP contribution in [0, 0.1) is 0 Å². The van der Waals surface area contributed by atoms with Crippen molar-refractivity contribution < 1.29 is 0 Å². The third kappa shape index (κ3) is 2.70. The Labute approximate surface area is 153 Å². The van der Waals surface area contributed by atoms with Crippen molar-refractivity contribution in [1.29, 1.82) is 0 Å². The van der Waals surface area contributed by atoms with Crippen molar-refractivity contribution in [3.63, 3.8) is 0 Å². The molecular formula is C20H15N5S. The Morgan fingerprint density at radius 1 is 1.00 bits per heavy atom. The van der Waals surface area contributed by atoms with Crippen LogP contribution in [-0.2, 0) is 6.54 Å². The average Bonchev–Trinajstić information content (AvgIpc) is 3.30. The van der Waals surface area contributed by atoms with Crippen LogP contribution in [-0.4, -0.2) is 19.9 Å². The highest BCUT2D eigenvalue weighted by atomic mass is 32.1. The van der Waals surface area contributed by atoms with Gasteiger partial charge in [-0.3, -0.25) is 0 Å². The van der Waals surface area contributed by atoms with Gasteiger partial charge in [-0.15, -0.1) is 11.3 Å². The van der Waals surface area contributed by atoms with Crippen LogP contribution in [0.2, 0.25) is 0 Å². The molecule has 3 aromatic heterocycles. The zero-order valence-corrected chi connectivity index (χ0v) is 14.6. The summed E-state index contributed by atoms with van der Waals surface area (Å²) in [6.45, 7) is 0.579. The molecule has 26 heavy (non-hydrogen) atoms. The van der Waals surface area contributed by atoms with Gasteiger partial charge in [0, 0.05) is 27.1 Å². The van der Waals surface area contributed by atoms with Gasteiger partial charge in [-0.05, 0) is 18.2 Å². The molecule has 0 fully saturated rings. The fourth-order valence-corrected chi connectivity index (χ4v) is 4.00. The topological polar surface area (TPSA) is 66.5 Å². The minimum atomic E-state index is 0.579. The second-order valence-corrected chi connectivity index (χ2v) is 6.90. The third-order valence-electron chi connectivity index (χ3n) is 4.30. The van der Waals surface area contributed by atoms with Crippen molar-refractivity contribution in [2.75, 3.05) is 5.32 Å². The van der Waals surface area contributed by atoms with E-state index >= 15 is 0 Å². The summed E-state index contributed by atoms with van der Waals surface area (Å²) in [4.78, 5) is 16.7. The summed E-state index contributed by atoms with van der Waals surface area (Å²) in [5, 5.41) is 6.70. The number of hydrogen-bond acceptors (Lipinski definition) is 5. The summed E-state index contributed by atoms with van der Waals surface area (Å²) in [6, 6.07) is 18.4. The van der Waals surface area contributed by atoms with E-state index in [1.54, 1.807) is 17.7 Å². The molecule has 0 aliphatic rings. The molecule has 126 valence electrons. The molecule has 2 aromatic carbocycles. The number of thiophene rings is 1. The van der Waals surface area contributed by atoms with Crippen LogP contribution in [0.1, 0.15) is 5.82 Å². The third-order valence-corrected chi connectivity index (χ3v) is 5.26. The van der Waals surface area contributed by atoms with Crippen molar-refractivity contribution in [1.82, 2.24) is 19.9 Å². The lowest BCUT2D eigenvalue weighted by Gasteiger charge is -2.05. The Morgan fingerprint density at radius 2 is 1.88 bits per heavy atom. The predicted octanol–water partition coefficient (Wildman–Crippen LogP) is 4.85. The van der Waals surface area contributed by atoms with Gasteiger partial charge in [0.25, 0.3) is 0 Å². The predicted molar refractivity (Wildman–Crippen MR) is 106 cm³/mol. The molecule has 0 bridgehead atoms. The number of benzene rings is 2. The van der Waals surface area contributed by atoms with E-state index in [1.807, 2.05) is 30.3 Å². The number of rotatable bonds is 4. The van der Waals surface area contributed by atoms with Crippen molar-refractivity contribution in [3.8, 4) is 11.3 Å². The van der Waals surface area contributed by atoms with Gasteiger partial charge in [-0.2, -0.15) is 0 Å². The molecule has 3 heterocycles. The SMILES string of the molecule is c1ccc2[nH]c(CNc3cc(-c4csc5ccccc45)ncn3)nc2c1. The first-order valence-electron chi connectivity index (χ1n) is 8.33. The lowest BCUT2D eigenvalue weighted by Crippen LogP contribution is -2.03. The monoisotopic (exact) mass is 357 g/mol. The van der Waals surface area contributed by atoms with E-state index in [1.165, 1.54) is 10.1 Å². The molecular weight excluding hydrogens is 342 g/mol. The van der Waals surface area contributed by atoms with Crippen LogP contribution in [0.5, 0.6) is 0 Å². The van der Waals surface area contributed by atoms with Gasteiger partial charge in [0.1, 0.15) is 18.0 Å². The normalized spacial score (nSPS) is 11.2. The fraction of sp³-hybridized carbons (Fsp3) is 0.0500. The van der Waals surface area contributed by atoms with Gasteiger partial charge < -0.3 is 10.3 Å². The standard InChI is InChI=1S/C20H15N5S/c1-4-8-18-13(5-1)14(11-26-18)17-9-19(23-12-22-17)21-10-20-24-15-6-2-3-7-16(15)25-20/h1-9,11-12H,10H2,(H,24,25)(H,21,22,23). The van der Waals surface area contributed by atoms with Crippen LogP contribution in [0.25, 0.3) is 32.4 Å². The number of nitrogens with one attached hydrogen (secondary N) is 2. The van der Waals surface area contributed by atoms with Gasteiger partial charge in [-0.25, -0.2) is 15.0 Å². The van der Waals surface area contributed by atoms with Gasteiger partial charge in [-0.1, -0.05) is 30.3 Å². The van der Waals surface area contributed by atoms with Crippen LogP contribution in [0.15, 0.2) is 66.3 Å². The molecule has 0 saturated carbocycles. The lowest BCUT2D eigenvalue weighted by atomic mass is 10.1. The second kappa shape index (κ2) is 6.24. The molecule has 5 aromatic rings. The number of hydrogen-bond donors (Lipinski definition) is 2. The molecule has 0 aliphatic heterocycles. The number of nitrogens with zero attached hydrogens (tertiary/aromatic N) is 3. The second-order valence-electron chi connectivity index (χ2n) is 5.99. The van der Waals surface area contributed by atoms with E-state index in [0.29, 0.717) is 6.54 Å². The molecule has 5 rings (SSSR count). The van der Waals surface area contributed by atoms with Crippen molar-refractivity contribution in [3.05, 3.63) is 72.1 Å². The zero-order chi connectivity index (χ0) is 17.3. The molecule has 0 radical (unpaired) electrons. The average molecular weight is 357 g/mol. The van der Waals surface area contributed by atoms with Gasteiger partial charge in [0.15, 0.2) is 0 Å². The number of imidazole rings is 1. The highest BCUT2D eigenvalue weighted by Gasteiger charge is 2.09. The Kier molecular flexibility index (Phi) is 3.61. The summed E-state index contributed by atoms with van der Waals surface area (Å²) in [7, 11) is 0. The Hall–Kier alpha value is -3.25. The summed E-state index contributed by atoms with van der Waals surface area (Å²) in [5.41, 5.74) is 4.07. The highest BCUT2D eigenvalue weighted by molar-refractivity contribution is 7.17. The molecule has 5 nitrogen and oxygen atoms in total. The molecule has 0 saturated heterocycles. The number of para-hydroxylation sites is 2. The van der Waals surface area contributed by atoms with Crippen LogP contribution < -0.4 is 5.32 Å². The molecule has 0 unspecified atom stereocenters. The molecule has 0 aliphatic carbocycles. The maximum absolute atomic E-state index is 4.58. The van der Waals surface area contributed by atoms with Gasteiger partial charge >= 0.3 is 0 Å². The van der Waals surface area contributed by atoms with E-state index in [0.717, 1.165) is 33.9 Å². The van der Waals surface area contributed by atoms with E-state index in [2.05, 4.69) is 54.9 Å². The number of anilines is 1. The number of H-pyrrole nitrogens is 1. The van der Waals surface area contributed by atoms with Crippen molar-refractivity contribution >= 4 is 38.3 Å². The molecule has 6 heteroatoms. The van der Waals surface area contributed by atoms with E-state index in [-0.39, 0.29) is 0 Å². The number of aromatic amines is 1. The van der Waals surface area contributed by atoms with Crippen LogP contribution in [0.3, 0.4) is 0 Å². The first kappa shape index (κ1) is 15.0.